The number of hydrogen-bond acceptors (Lipinski definition) is 5. The number of anilines is 1. The molecular formula is C27H30N2O4S. The lowest BCUT2D eigenvalue weighted by atomic mass is 9.92. The highest BCUT2D eigenvalue weighted by Gasteiger charge is 2.31. The molecule has 3 aromatic carbocycles. The zero-order chi connectivity index (χ0) is 24.1. The molecule has 0 aromatic heterocycles. The van der Waals surface area contributed by atoms with Gasteiger partial charge in [-0.1, -0.05) is 24.3 Å². The van der Waals surface area contributed by atoms with Gasteiger partial charge in [-0.25, -0.2) is 0 Å². The lowest BCUT2D eigenvalue weighted by Crippen LogP contribution is -2.44. The van der Waals surface area contributed by atoms with Crippen molar-refractivity contribution in [3.63, 3.8) is 0 Å². The molecule has 178 valence electrons. The smallest absolute Gasteiger partial charge is 0.174 e. The van der Waals surface area contributed by atoms with E-state index < -0.39 is 0 Å². The van der Waals surface area contributed by atoms with Gasteiger partial charge in [0.1, 0.15) is 6.61 Å². The zero-order valence-electron chi connectivity index (χ0n) is 20.0. The Hall–Kier alpha value is -3.45. The highest BCUT2D eigenvalue weighted by atomic mass is 32.1. The third-order valence-corrected chi connectivity index (χ3v) is 6.34. The standard InChI is InChI=1S/C27H30N2O4S/c1-18-8-7-9-20(14-18)28-27(34)29-13-12-19-15-25(31-3)26(32-4)16-21(19)22(29)17-33-24-11-6-5-10-23(24)30-2/h5-11,14-16,22H,12-13,17H2,1-4H3,(H,28,34)/t22-/m1/s1. The summed E-state index contributed by atoms with van der Waals surface area (Å²) < 4.78 is 22.9. The van der Waals surface area contributed by atoms with Gasteiger partial charge < -0.3 is 29.2 Å². The number of hydrogen-bond donors (Lipinski definition) is 1. The second kappa shape index (κ2) is 10.7. The van der Waals surface area contributed by atoms with Crippen LogP contribution in [-0.2, 0) is 6.42 Å². The van der Waals surface area contributed by atoms with E-state index in [2.05, 4.69) is 35.3 Å². The molecule has 0 aliphatic carbocycles. The van der Waals surface area contributed by atoms with Crippen LogP contribution in [0, 0.1) is 6.92 Å². The summed E-state index contributed by atoms with van der Waals surface area (Å²) in [6.07, 6.45) is 0.830. The fourth-order valence-electron chi connectivity index (χ4n) is 4.28. The molecule has 3 aromatic rings. The molecule has 0 bridgehead atoms. The Morgan fingerprint density at radius 3 is 2.32 bits per heavy atom. The van der Waals surface area contributed by atoms with Crippen molar-refractivity contribution < 1.29 is 18.9 Å². The van der Waals surface area contributed by atoms with Crippen molar-refractivity contribution in [2.45, 2.75) is 19.4 Å². The van der Waals surface area contributed by atoms with Gasteiger partial charge in [0.05, 0.1) is 27.4 Å². The molecule has 4 rings (SSSR count). The van der Waals surface area contributed by atoms with Crippen molar-refractivity contribution >= 4 is 23.0 Å². The number of methoxy groups -OCH3 is 3. The number of ether oxygens (including phenoxy) is 4. The summed E-state index contributed by atoms with van der Waals surface area (Å²) >= 11 is 5.87. The van der Waals surface area contributed by atoms with E-state index in [4.69, 9.17) is 31.2 Å². The van der Waals surface area contributed by atoms with Gasteiger partial charge in [-0.05, 0) is 78.7 Å². The van der Waals surface area contributed by atoms with Crippen molar-refractivity contribution in [1.82, 2.24) is 4.90 Å². The number of aryl methyl sites for hydroxylation is 1. The molecule has 0 spiro atoms. The maximum atomic E-state index is 6.28. The third-order valence-electron chi connectivity index (χ3n) is 6.00. The Morgan fingerprint density at radius 2 is 1.62 bits per heavy atom. The number of para-hydroxylation sites is 2. The van der Waals surface area contributed by atoms with Gasteiger partial charge >= 0.3 is 0 Å². The second-order valence-electron chi connectivity index (χ2n) is 8.13. The van der Waals surface area contributed by atoms with E-state index in [1.54, 1.807) is 21.3 Å². The predicted octanol–water partition coefficient (Wildman–Crippen LogP) is 5.40. The molecule has 34 heavy (non-hydrogen) atoms. The number of thiocarbonyl (C=S) groups is 1. The molecule has 0 saturated carbocycles. The van der Waals surface area contributed by atoms with Crippen molar-refractivity contribution in [3.05, 3.63) is 77.4 Å². The van der Waals surface area contributed by atoms with Crippen molar-refractivity contribution in [2.75, 3.05) is 39.8 Å². The lowest BCUT2D eigenvalue weighted by molar-refractivity contribution is 0.185. The zero-order valence-corrected chi connectivity index (χ0v) is 20.8. The van der Waals surface area contributed by atoms with Crippen LogP contribution in [0.25, 0.3) is 0 Å². The number of rotatable bonds is 7. The summed E-state index contributed by atoms with van der Waals surface area (Å²) in [5, 5.41) is 4.06. The molecule has 0 radical (unpaired) electrons. The third kappa shape index (κ3) is 5.04. The first kappa shape index (κ1) is 23.7. The summed E-state index contributed by atoms with van der Waals surface area (Å²) in [7, 11) is 4.94. The topological polar surface area (TPSA) is 52.2 Å². The van der Waals surface area contributed by atoms with Crippen molar-refractivity contribution in [3.8, 4) is 23.0 Å². The summed E-state index contributed by atoms with van der Waals surface area (Å²) in [6, 6.07) is 19.8. The number of nitrogens with one attached hydrogen (secondary N) is 1. The SMILES string of the molecule is COc1cc2c(cc1OC)[C@@H](COc1ccccc1OC)N(C(=S)Nc1cccc(C)c1)CC2. The lowest BCUT2D eigenvalue weighted by Gasteiger charge is -2.39. The molecular weight excluding hydrogens is 448 g/mol. The first-order chi connectivity index (χ1) is 16.5. The van der Waals surface area contributed by atoms with Gasteiger partial charge in [0, 0.05) is 12.2 Å². The number of fused-ring (bicyclic) bond motifs is 1. The monoisotopic (exact) mass is 478 g/mol. The van der Waals surface area contributed by atoms with Crippen LogP contribution in [0.5, 0.6) is 23.0 Å². The van der Waals surface area contributed by atoms with Crippen LogP contribution in [0.2, 0.25) is 0 Å². The molecule has 7 heteroatoms. The highest BCUT2D eigenvalue weighted by Crippen LogP contribution is 2.39. The van der Waals surface area contributed by atoms with Gasteiger partial charge in [0.2, 0.25) is 0 Å². The molecule has 1 N–H and O–H groups in total. The first-order valence-electron chi connectivity index (χ1n) is 11.2. The van der Waals surface area contributed by atoms with E-state index in [-0.39, 0.29) is 6.04 Å². The van der Waals surface area contributed by atoms with Gasteiger partial charge in [0.15, 0.2) is 28.1 Å². The molecule has 1 heterocycles. The van der Waals surface area contributed by atoms with E-state index in [1.165, 1.54) is 11.1 Å². The molecule has 1 atom stereocenters. The van der Waals surface area contributed by atoms with E-state index in [9.17, 15) is 0 Å². The van der Waals surface area contributed by atoms with Crippen LogP contribution in [0.4, 0.5) is 5.69 Å². The fourth-order valence-corrected chi connectivity index (χ4v) is 4.61. The molecule has 0 amide bonds. The number of benzene rings is 3. The molecule has 0 unspecified atom stereocenters. The minimum atomic E-state index is -0.127. The van der Waals surface area contributed by atoms with Crippen LogP contribution in [0.3, 0.4) is 0 Å². The van der Waals surface area contributed by atoms with Crippen molar-refractivity contribution in [2.24, 2.45) is 0 Å². The normalized spacial score (nSPS) is 14.7. The predicted molar refractivity (Wildman–Crippen MR) is 139 cm³/mol. The summed E-state index contributed by atoms with van der Waals surface area (Å²) in [5.74, 6) is 2.79. The number of nitrogens with zero attached hydrogens (tertiary/aromatic N) is 1. The van der Waals surface area contributed by atoms with Crippen LogP contribution < -0.4 is 24.3 Å². The van der Waals surface area contributed by atoms with Crippen molar-refractivity contribution in [1.29, 1.82) is 0 Å². The first-order valence-corrected chi connectivity index (χ1v) is 11.6. The molecule has 0 fully saturated rings. The Kier molecular flexibility index (Phi) is 7.43. The second-order valence-corrected chi connectivity index (χ2v) is 8.51. The maximum Gasteiger partial charge on any atom is 0.174 e. The minimum absolute atomic E-state index is 0.127. The Labute approximate surface area is 206 Å². The van der Waals surface area contributed by atoms with Crippen LogP contribution >= 0.6 is 12.2 Å². The average Bonchev–Trinajstić information content (AvgIpc) is 2.86. The van der Waals surface area contributed by atoms with Gasteiger partial charge in [-0.2, -0.15) is 0 Å². The molecule has 1 aliphatic heterocycles. The van der Waals surface area contributed by atoms with Crippen LogP contribution in [0.1, 0.15) is 22.7 Å². The highest BCUT2D eigenvalue weighted by molar-refractivity contribution is 7.80. The van der Waals surface area contributed by atoms with Gasteiger partial charge in [-0.15, -0.1) is 0 Å². The summed E-state index contributed by atoms with van der Waals surface area (Å²) in [5.41, 5.74) is 4.44. The Balaban J connectivity index is 1.66. The largest absolute Gasteiger partial charge is 0.493 e. The van der Waals surface area contributed by atoms with E-state index in [0.29, 0.717) is 29.0 Å². The molecule has 6 nitrogen and oxygen atoms in total. The Bertz CT molecular complexity index is 1170. The van der Waals surface area contributed by atoms with Crippen LogP contribution in [-0.4, -0.2) is 44.5 Å². The Morgan fingerprint density at radius 1 is 0.912 bits per heavy atom. The maximum absolute atomic E-state index is 6.28. The van der Waals surface area contributed by atoms with E-state index in [1.807, 2.05) is 42.5 Å². The fraction of sp³-hybridized carbons (Fsp3) is 0.296. The van der Waals surface area contributed by atoms with Gasteiger partial charge in [-0.3, -0.25) is 0 Å². The minimum Gasteiger partial charge on any atom is -0.493 e. The van der Waals surface area contributed by atoms with E-state index in [0.717, 1.165) is 30.0 Å². The van der Waals surface area contributed by atoms with E-state index >= 15 is 0 Å². The quantitative estimate of drug-likeness (QED) is 0.457. The summed E-state index contributed by atoms with van der Waals surface area (Å²) in [4.78, 5) is 2.18. The molecule has 0 saturated heterocycles. The van der Waals surface area contributed by atoms with Gasteiger partial charge in [0.25, 0.3) is 0 Å². The van der Waals surface area contributed by atoms with Crippen LogP contribution in [0.15, 0.2) is 60.7 Å². The average molecular weight is 479 g/mol. The summed E-state index contributed by atoms with van der Waals surface area (Å²) in [6.45, 7) is 3.20. The molecule has 1 aliphatic rings.